The van der Waals surface area contributed by atoms with Gasteiger partial charge in [0.15, 0.2) is 0 Å². The number of carbonyl (C=O) groups is 1. The number of hydrogen-bond donors (Lipinski definition) is 2. The van der Waals surface area contributed by atoms with E-state index in [1.54, 1.807) is 0 Å². The molecular formula is C19H21N3O2. The molecule has 0 aliphatic carbocycles. The van der Waals surface area contributed by atoms with Gasteiger partial charge >= 0.3 is 5.97 Å². The van der Waals surface area contributed by atoms with Crippen LogP contribution in [0.25, 0.3) is 22.4 Å². The number of imidazole rings is 1. The van der Waals surface area contributed by atoms with E-state index in [0.717, 1.165) is 22.4 Å². The average Bonchev–Trinajstić information content (AvgIpc) is 2.85. The smallest absolute Gasteiger partial charge is 0.303 e. The molecule has 0 radical (unpaired) electrons. The molecule has 0 bridgehead atoms. The number of anilines is 1. The number of nitrogen functional groups attached to an aromatic ring is 1. The molecule has 3 N–H and O–H groups in total. The fraction of sp³-hybridized carbons (Fsp3) is 0.263. The molecule has 0 spiro atoms. The van der Waals surface area contributed by atoms with Crippen LogP contribution >= 0.6 is 0 Å². The Labute approximate surface area is 140 Å². The van der Waals surface area contributed by atoms with Crippen molar-refractivity contribution in [2.24, 2.45) is 0 Å². The minimum absolute atomic E-state index is 0.140. The number of aliphatic carboxylic acids is 1. The molecule has 0 aliphatic heterocycles. The van der Waals surface area contributed by atoms with Crippen molar-refractivity contribution in [3.8, 4) is 11.4 Å². The molecule has 0 amide bonds. The molecule has 2 aromatic carbocycles. The van der Waals surface area contributed by atoms with Crippen LogP contribution in [-0.2, 0) is 11.3 Å². The lowest BCUT2D eigenvalue weighted by Crippen LogP contribution is -2.04. The molecule has 0 unspecified atom stereocenters. The summed E-state index contributed by atoms with van der Waals surface area (Å²) in [6.07, 6.45) is 0.698. The third-order valence-corrected chi connectivity index (χ3v) is 4.28. The van der Waals surface area contributed by atoms with E-state index in [-0.39, 0.29) is 6.42 Å². The lowest BCUT2D eigenvalue weighted by Gasteiger charge is -2.10. The topological polar surface area (TPSA) is 81.1 Å². The van der Waals surface area contributed by atoms with Gasteiger partial charge in [0, 0.05) is 24.2 Å². The molecule has 0 fully saturated rings. The van der Waals surface area contributed by atoms with Crippen molar-refractivity contribution in [3.63, 3.8) is 0 Å². The third kappa shape index (κ3) is 3.11. The van der Waals surface area contributed by atoms with Gasteiger partial charge in [-0.05, 0) is 55.7 Å². The molecule has 0 atom stereocenters. The van der Waals surface area contributed by atoms with E-state index >= 15 is 0 Å². The third-order valence-electron chi connectivity index (χ3n) is 4.28. The summed E-state index contributed by atoms with van der Waals surface area (Å²) < 4.78 is 2.10. The number of nitrogens with two attached hydrogens (primary N) is 1. The molecule has 1 aromatic heterocycles. The summed E-state index contributed by atoms with van der Waals surface area (Å²) in [6, 6.07) is 11.8. The first-order chi connectivity index (χ1) is 11.5. The summed E-state index contributed by atoms with van der Waals surface area (Å²) in [7, 11) is 0. The second kappa shape index (κ2) is 6.35. The lowest BCUT2D eigenvalue weighted by molar-refractivity contribution is -0.137. The van der Waals surface area contributed by atoms with Gasteiger partial charge in [-0.15, -0.1) is 0 Å². The van der Waals surface area contributed by atoms with Gasteiger partial charge in [-0.1, -0.05) is 12.1 Å². The highest BCUT2D eigenvalue weighted by Crippen LogP contribution is 2.28. The van der Waals surface area contributed by atoms with Gasteiger partial charge in [0.25, 0.3) is 0 Å². The minimum Gasteiger partial charge on any atom is -0.481 e. The zero-order valence-corrected chi connectivity index (χ0v) is 13.9. The maximum Gasteiger partial charge on any atom is 0.303 e. The number of aromatic nitrogens is 2. The SMILES string of the molecule is Cc1cc2nc(-c3cccc(N)c3)n(CCCC(=O)O)c2cc1C. The van der Waals surface area contributed by atoms with E-state index in [1.165, 1.54) is 11.1 Å². The Hall–Kier alpha value is -2.82. The molecule has 5 nitrogen and oxygen atoms in total. The maximum absolute atomic E-state index is 10.8. The molecule has 1 heterocycles. The monoisotopic (exact) mass is 323 g/mol. The van der Waals surface area contributed by atoms with Crippen LogP contribution in [0.15, 0.2) is 36.4 Å². The summed E-state index contributed by atoms with van der Waals surface area (Å²) in [4.78, 5) is 15.6. The van der Waals surface area contributed by atoms with Crippen molar-refractivity contribution in [2.75, 3.05) is 5.73 Å². The zero-order chi connectivity index (χ0) is 17.3. The number of aryl methyl sites for hydroxylation is 3. The number of fused-ring (bicyclic) bond motifs is 1. The summed E-state index contributed by atoms with van der Waals surface area (Å²) >= 11 is 0. The predicted octanol–water partition coefficient (Wildman–Crippen LogP) is 3.77. The van der Waals surface area contributed by atoms with Crippen molar-refractivity contribution in [3.05, 3.63) is 47.5 Å². The van der Waals surface area contributed by atoms with Crippen LogP contribution in [0.5, 0.6) is 0 Å². The molecule has 0 aliphatic rings. The quantitative estimate of drug-likeness (QED) is 0.700. The van der Waals surface area contributed by atoms with Gasteiger partial charge in [0.05, 0.1) is 11.0 Å². The molecule has 5 heteroatoms. The minimum atomic E-state index is -0.781. The number of hydrogen-bond acceptors (Lipinski definition) is 3. The summed E-state index contributed by atoms with van der Waals surface area (Å²) in [5.74, 6) is 0.0460. The van der Waals surface area contributed by atoms with Gasteiger partial charge in [-0.25, -0.2) is 4.98 Å². The first kappa shape index (κ1) is 16.1. The summed E-state index contributed by atoms with van der Waals surface area (Å²) in [5.41, 5.74) is 11.9. The summed E-state index contributed by atoms with van der Waals surface area (Å²) in [5, 5.41) is 8.92. The molecule has 24 heavy (non-hydrogen) atoms. The molecule has 0 saturated heterocycles. The van der Waals surface area contributed by atoms with Gasteiger partial charge in [0.2, 0.25) is 0 Å². The maximum atomic E-state index is 10.8. The normalized spacial score (nSPS) is 11.1. The Morgan fingerprint density at radius 1 is 1.21 bits per heavy atom. The van der Waals surface area contributed by atoms with E-state index in [9.17, 15) is 4.79 Å². The van der Waals surface area contributed by atoms with Crippen LogP contribution in [0.3, 0.4) is 0 Å². The highest BCUT2D eigenvalue weighted by molar-refractivity contribution is 5.82. The predicted molar refractivity (Wildman–Crippen MR) is 95.9 cm³/mol. The van der Waals surface area contributed by atoms with E-state index < -0.39 is 5.97 Å². The Bertz CT molecular complexity index is 912. The first-order valence-corrected chi connectivity index (χ1v) is 8.01. The van der Waals surface area contributed by atoms with Gasteiger partial charge in [-0.2, -0.15) is 0 Å². The number of carboxylic acid groups (broad SMARTS) is 1. The fourth-order valence-corrected chi connectivity index (χ4v) is 2.89. The second-order valence-corrected chi connectivity index (χ2v) is 6.13. The lowest BCUT2D eigenvalue weighted by atomic mass is 10.1. The van der Waals surface area contributed by atoms with E-state index in [2.05, 4.69) is 30.5 Å². The largest absolute Gasteiger partial charge is 0.481 e. The van der Waals surface area contributed by atoms with Crippen molar-refractivity contribution in [2.45, 2.75) is 33.2 Å². The van der Waals surface area contributed by atoms with Gasteiger partial charge in [0.1, 0.15) is 5.82 Å². The van der Waals surface area contributed by atoms with Gasteiger partial charge < -0.3 is 15.4 Å². The number of nitrogens with zero attached hydrogens (tertiary/aromatic N) is 2. The van der Waals surface area contributed by atoms with Gasteiger partial charge in [-0.3, -0.25) is 4.79 Å². The highest BCUT2D eigenvalue weighted by atomic mass is 16.4. The molecule has 3 aromatic rings. The zero-order valence-electron chi connectivity index (χ0n) is 13.9. The molecule has 124 valence electrons. The van der Waals surface area contributed by atoms with Crippen molar-refractivity contribution >= 4 is 22.7 Å². The Morgan fingerprint density at radius 3 is 2.67 bits per heavy atom. The van der Waals surface area contributed by atoms with Crippen LogP contribution in [0.4, 0.5) is 5.69 Å². The molecule has 0 saturated carbocycles. The molecule has 3 rings (SSSR count). The van der Waals surface area contributed by atoms with Crippen LogP contribution in [0.2, 0.25) is 0 Å². The first-order valence-electron chi connectivity index (χ1n) is 8.01. The van der Waals surface area contributed by atoms with Crippen LogP contribution < -0.4 is 5.73 Å². The number of rotatable bonds is 5. The van der Waals surface area contributed by atoms with Crippen LogP contribution in [0, 0.1) is 13.8 Å². The van der Waals surface area contributed by atoms with E-state index in [0.29, 0.717) is 18.7 Å². The fourth-order valence-electron chi connectivity index (χ4n) is 2.89. The highest BCUT2D eigenvalue weighted by Gasteiger charge is 2.14. The summed E-state index contributed by atoms with van der Waals surface area (Å²) in [6.45, 7) is 4.75. The Morgan fingerprint density at radius 2 is 1.96 bits per heavy atom. The number of carboxylic acids is 1. The number of benzene rings is 2. The van der Waals surface area contributed by atoms with Crippen LogP contribution in [0.1, 0.15) is 24.0 Å². The van der Waals surface area contributed by atoms with Crippen LogP contribution in [-0.4, -0.2) is 20.6 Å². The average molecular weight is 323 g/mol. The molecular weight excluding hydrogens is 302 g/mol. The van der Waals surface area contributed by atoms with Crippen molar-refractivity contribution in [1.29, 1.82) is 0 Å². The standard InChI is InChI=1S/C19H21N3O2/c1-12-9-16-17(10-13(12)2)22(8-4-7-18(23)24)19(21-16)14-5-3-6-15(20)11-14/h3,5-6,9-11H,4,7-8,20H2,1-2H3,(H,23,24). The second-order valence-electron chi connectivity index (χ2n) is 6.13. The van der Waals surface area contributed by atoms with E-state index in [1.807, 2.05) is 24.3 Å². The van der Waals surface area contributed by atoms with Crippen molar-refractivity contribution < 1.29 is 9.90 Å². The Kier molecular flexibility index (Phi) is 4.25. The Balaban J connectivity index is 2.13. The van der Waals surface area contributed by atoms with E-state index in [4.69, 9.17) is 15.8 Å². The van der Waals surface area contributed by atoms with Crippen molar-refractivity contribution in [1.82, 2.24) is 9.55 Å².